The number of carbonyl (C=O) groups is 2. The van der Waals surface area contributed by atoms with E-state index in [-0.39, 0.29) is 23.6 Å². The first-order valence-corrected chi connectivity index (χ1v) is 3.70. The van der Waals surface area contributed by atoms with E-state index in [1.54, 1.807) is 0 Å². The first-order valence-electron chi connectivity index (χ1n) is 3.70. The zero-order valence-corrected chi connectivity index (χ0v) is 6.86. The van der Waals surface area contributed by atoms with Crippen LogP contribution in [0.3, 0.4) is 0 Å². The van der Waals surface area contributed by atoms with Gasteiger partial charge in [-0.3, -0.25) is 9.59 Å². The molecular formula is C9H9NO3. The lowest BCUT2D eigenvalue weighted by Crippen LogP contribution is -2.13. The largest absolute Gasteiger partial charge is 0.507 e. The fraction of sp³-hybridized carbons (Fsp3) is 0.111. The molecule has 0 fully saturated rings. The maximum absolute atomic E-state index is 11.1. The number of ketones is 1. The van der Waals surface area contributed by atoms with Crippen molar-refractivity contribution in [3.63, 3.8) is 0 Å². The monoisotopic (exact) mass is 179 g/mol. The molecule has 0 heterocycles. The molecule has 1 aromatic rings. The molecule has 13 heavy (non-hydrogen) atoms. The number of aldehydes is 1. The van der Waals surface area contributed by atoms with Crippen LogP contribution in [0.15, 0.2) is 18.2 Å². The molecule has 0 aromatic heterocycles. The number of phenols is 1. The lowest BCUT2D eigenvalue weighted by atomic mass is 10.1. The van der Waals surface area contributed by atoms with Gasteiger partial charge in [0.1, 0.15) is 5.75 Å². The van der Waals surface area contributed by atoms with Crippen molar-refractivity contribution < 1.29 is 14.7 Å². The minimum Gasteiger partial charge on any atom is -0.507 e. The molecule has 4 nitrogen and oxygen atoms in total. The Balaban J connectivity index is 3.13. The Bertz CT molecular complexity index is 347. The van der Waals surface area contributed by atoms with Gasteiger partial charge in [-0.25, -0.2) is 0 Å². The predicted octanol–water partition coefficient (Wildman–Crippen LogP) is 0.346. The van der Waals surface area contributed by atoms with Crippen LogP contribution >= 0.6 is 0 Å². The van der Waals surface area contributed by atoms with Gasteiger partial charge in [0.25, 0.3) is 0 Å². The molecular weight excluding hydrogens is 170 g/mol. The van der Waals surface area contributed by atoms with Gasteiger partial charge in [-0.2, -0.15) is 0 Å². The maximum Gasteiger partial charge on any atom is 0.176 e. The molecule has 0 atom stereocenters. The predicted molar refractivity (Wildman–Crippen MR) is 46.9 cm³/mol. The number of aromatic hydroxyl groups is 1. The van der Waals surface area contributed by atoms with E-state index < -0.39 is 0 Å². The Morgan fingerprint density at radius 1 is 1.54 bits per heavy atom. The Morgan fingerprint density at radius 3 is 2.77 bits per heavy atom. The van der Waals surface area contributed by atoms with Gasteiger partial charge >= 0.3 is 0 Å². The first-order chi connectivity index (χ1) is 6.19. The SMILES string of the molecule is NCC(=O)c1ccc(O)c(C=O)c1. The van der Waals surface area contributed by atoms with Gasteiger partial charge in [0.15, 0.2) is 12.1 Å². The Hall–Kier alpha value is -1.68. The third kappa shape index (κ3) is 1.91. The van der Waals surface area contributed by atoms with E-state index in [1.807, 2.05) is 0 Å². The van der Waals surface area contributed by atoms with Gasteiger partial charge in [-0.1, -0.05) is 0 Å². The van der Waals surface area contributed by atoms with Crippen LogP contribution in [-0.2, 0) is 0 Å². The number of phenolic OH excluding ortho intramolecular Hbond substituents is 1. The molecule has 0 radical (unpaired) electrons. The molecule has 3 N–H and O–H groups in total. The molecule has 1 rings (SSSR count). The number of rotatable bonds is 3. The lowest BCUT2D eigenvalue weighted by Gasteiger charge is -2.00. The van der Waals surface area contributed by atoms with Crippen molar-refractivity contribution in [3.05, 3.63) is 29.3 Å². The van der Waals surface area contributed by atoms with E-state index in [0.717, 1.165) is 0 Å². The Morgan fingerprint density at radius 2 is 2.23 bits per heavy atom. The molecule has 0 spiro atoms. The number of Topliss-reactive ketones (excluding diaryl/α,β-unsaturated/α-hetero) is 1. The van der Waals surface area contributed by atoms with E-state index in [9.17, 15) is 9.59 Å². The number of carbonyl (C=O) groups excluding carboxylic acids is 2. The van der Waals surface area contributed by atoms with E-state index in [2.05, 4.69) is 0 Å². The van der Waals surface area contributed by atoms with Crippen LogP contribution in [0.5, 0.6) is 5.75 Å². The van der Waals surface area contributed by atoms with Crippen molar-refractivity contribution in [1.82, 2.24) is 0 Å². The fourth-order valence-corrected chi connectivity index (χ4v) is 0.940. The second-order valence-corrected chi connectivity index (χ2v) is 2.52. The number of nitrogens with two attached hydrogens (primary N) is 1. The topological polar surface area (TPSA) is 80.4 Å². The first kappa shape index (κ1) is 9.41. The van der Waals surface area contributed by atoms with Crippen LogP contribution in [-0.4, -0.2) is 23.7 Å². The van der Waals surface area contributed by atoms with Gasteiger partial charge in [-0.15, -0.1) is 0 Å². The smallest absolute Gasteiger partial charge is 0.176 e. The maximum atomic E-state index is 11.1. The molecule has 1 aromatic carbocycles. The zero-order valence-electron chi connectivity index (χ0n) is 6.86. The van der Waals surface area contributed by atoms with E-state index in [0.29, 0.717) is 11.8 Å². The summed E-state index contributed by atoms with van der Waals surface area (Å²) in [7, 11) is 0. The van der Waals surface area contributed by atoms with Crippen LogP contribution in [0, 0.1) is 0 Å². The summed E-state index contributed by atoms with van der Waals surface area (Å²) in [4.78, 5) is 21.5. The van der Waals surface area contributed by atoms with Crippen molar-refractivity contribution in [3.8, 4) is 5.75 Å². The third-order valence-corrected chi connectivity index (χ3v) is 1.66. The summed E-state index contributed by atoms with van der Waals surface area (Å²) in [6, 6.07) is 4.04. The minimum atomic E-state index is -0.261. The summed E-state index contributed by atoms with van der Waals surface area (Å²) in [5.74, 6) is -0.397. The summed E-state index contributed by atoms with van der Waals surface area (Å²) in [5, 5.41) is 9.12. The molecule has 0 saturated heterocycles. The summed E-state index contributed by atoms with van der Waals surface area (Å²) < 4.78 is 0. The fourth-order valence-electron chi connectivity index (χ4n) is 0.940. The second-order valence-electron chi connectivity index (χ2n) is 2.52. The quantitative estimate of drug-likeness (QED) is 0.518. The van der Waals surface area contributed by atoms with Crippen LogP contribution < -0.4 is 5.73 Å². The van der Waals surface area contributed by atoms with Crippen molar-refractivity contribution >= 4 is 12.1 Å². The summed E-state index contributed by atoms with van der Waals surface area (Å²) in [5.41, 5.74) is 5.57. The molecule has 0 unspecified atom stereocenters. The average Bonchev–Trinajstić information content (AvgIpc) is 2.17. The average molecular weight is 179 g/mol. The van der Waals surface area contributed by atoms with Crippen molar-refractivity contribution in [2.45, 2.75) is 0 Å². The van der Waals surface area contributed by atoms with Crippen LogP contribution in [0.1, 0.15) is 20.7 Å². The lowest BCUT2D eigenvalue weighted by molar-refractivity contribution is 0.100. The highest BCUT2D eigenvalue weighted by Crippen LogP contribution is 2.16. The highest BCUT2D eigenvalue weighted by Gasteiger charge is 2.06. The second kappa shape index (κ2) is 3.82. The van der Waals surface area contributed by atoms with Crippen molar-refractivity contribution in [2.24, 2.45) is 5.73 Å². The molecule has 0 aliphatic carbocycles. The minimum absolute atomic E-state index is 0.0966. The van der Waals surface area contributed by atoms with Gasteiger partial charge < -0.3 is 10.8 Å². The number of benzene rings is 1. The van der Waals surface area contributed by atoms with Crippen LogP contribution in [0.4, 0.5) is 0 Å². The summed E-state index contributed by atoms with van der Waals surface area (Å²) in [6.07, 6.45) is 0.489. The summed E-state index contributed by atoms with van der Waals surface area (Å²) >= 11 is 0. The molecule has 0 aliphatic heterocycles. The highest BCUT2D eigenvalue weighted by atomic mass is 16.3. The zero-order chi connectivity index (χ0) is 9.84. The van der Waals surface area contributed by atoms with Crippen molar-refractivity contribution in [2.75, 3.05) is 6.54 Å². The molecule has 0 bridgehead atoms. The van der Waals surface area contributed by atoms with E-state index in [4.69, 9.17) is 10.8 Å². The molecule has 68 valence electrons. The van der Waals surface area contributed by atoms with Crippen LogP contribution in [0.2, 0.25) is 0 Å². The number of hydrogen-bond donors (Lipinski definition) is 2. The summed E-state index contributed by atoms with van der Waals surface area (Å²) in [6.45, 7) is -0.108. The Kier molecular flexibility index (Phi) is 2.76. The molecule has 0 amide bonds. The molecule has 0 saturated carbocycles. The van der Waals surface area contributed by atoms with Crippen LogP contribution in [0.25, 0.3) is 0 Å². The molecule has 4 heteroatoms. The number of hydrogen-bond acceptors (Lipinski definition) is 4. The van der Waals surface area contributed by atoms with Gasteiger partial charge in [0.05, 0.1) is 12.1 Å². The highest BCUT2D eigenvalue weighted by molar-refractivity contribution is 5.99. The van der Waals surface area contributed by atoms with E-state index >= 15 is 0 Å². The van der Waals surface area contributed by atoms with Gasteiger partial charge in [0, 0.05) is 5.56 Å². The van der Waals surface area contributed by atoms with Gasteiger partial charge in [-0.05, 0) is 18.2 Å². The van der Waals surface area contributed by atoms with E-state index in [1.165, 1.54) is 18.2 Å². The normalized spacial score (nSPS) is 9.62. The standard InChI is InChI=1S/C9H9NO3/c10-4-9(13)6-1-2-8(12)7(3-6)5-11/h1-3,5,12H,4,10H2. The molecule has 0 aliphatic rings. The Labute approximate surface area is 75.0 Å². The van der Waals surface area contributed by atoms with Crippen molar-refractivity contribution in [1.29, 1.82) is 0 Å². The van der Waals surface area contributed by atoms with Gasteiger partial charge in [0.2, 0.25) is 0 Å². The third-order valence-electron chi connectivity index (χ3n) is 1.66.